The number of ether oxygens (including phenoxy) is 1. The molecule has 4 nitrogen and oxygen atoms in total. The normalized spacial score (nSPS) is 13.0. The predicted octanol–water partition coefficient (Wildman–Crippen LogP) is 1.59. The molecule has 4 heteroatoms. The molecule has 86 valence electrons. The molecule has 0 fully saturated rings. The number of aromatic nitrogens is 2. The average Bonchev–Trinajstić information content (AvgIpc) is 2.72. The highest BCUT2D eigenvalue weighted by atomic mass is 16.5. The summed E-state index contributed by atoms with van der Waals surface area (Å²) in [6.45, 7) is 6.91. The summed E-state index contributed by atoms with van der Waals surface area (Å²) >= 11 is 0. The van der Waals surface area contributed by atoms with Gasteiger partial charge >= 0.3 is 0 Å². The topological polar surface area (TPSA) is 39.1 Å². The molecule has 0 radical (unpaired) electrons. The van der Waals surface area contributed by atoms with Gasteiger partial charge in [-0.1, -0.05) is 6.92 Å². The number of hydrogen-bond donors (Lipinski definition) is 1. The lowest BCUT2D eigenvalue weighted by Gasteiger charge is -2.18. The largest absolute Gasteiger partial charge is 0.385 e. The molecule has 0 aliphatic carbocycles. The third-order valence-electron chi connectivity index (χ3n) is 2.46. The van der Waals surface area contributed by atoms with Gasteiger partial charge in [0.05, 0.1) is 6.04 Å². The van der Waals surface area contributed by atoms with E-state index in [0.29, 0.717) is 6.04 Å². The van der Waals surface area contributed by atoms with Gasteiger partial charge in [0.1, 0.15) is 5.82 Å². The van der Waals surface area contributed by atoms with E-state index in [9.17, 15) is 0 Å². The summed E-state index contributed by atoms with van der Waals surface area (Å²) in [5.41, 5.74) is 0. The highest BCUT2D eigenvalue weighted by Crippen LogP contribution is 2.14. The van der Waals surface area contributed by atoms with E-state index in [1.165, 1.54) is 0 Å². The number of imidazole rings is 1. The predicted molar refractivity (Wildman–Crippen MR) is 60.8 cm³/mol. The number of nitrogens with zero attached hydrogens (tertiary/aromatic N) is 2. The van der Waals surface area contributed by atoms with Gasteiger partial charge in [0, 0.05) is 32.7 Å². The summed E-state index contributed by atoms with van der Waals surface area (Å²) < 4.78 is 7.28. The Kier molecular flexibility index (Phi) is 5.36. The summed E-state index contributed by atoms with van der Waals surface area (Å²) in [5, 5.41) is 3.43. The van der Waals surface area contributed by atoms with Crippen LogP contribution in [-0.4, -0.2) is 29.8 Å². The van der Waals surface area contributed by atoms with Crippen LogP contribution in [-0.2, 0) is 11.3 Å². The third-order valence-corrected chi connectivity index (χ3v) is 2.46. The molecule has 0 spiro atoms. The lowest BCUT2D eigenvalue weighted by atomic mass is 10.2. The van der Waals surface area contributed by atoms with Crippen LogP contribution in [0.5, 0.6) is 0 Å². The molecule has 15 heavy (non-hydrogen) atoms. The Bertz CT molecular complexity index is 273. The average molecular weight is 211 g/mol. The molecule has 0 aliphatic heterocycles. The Morgan fingerprint density at radius 1 is 1.53 bits per heavy atom. The molecule has 0 aromatic carbocycles. The molecule has 0 saturated heterocycles. The van der Waals surface area contributed by atoms with Gasteiger partial charge in [-0.3, -0.25) is 0 Å². The van der Waals surface area contributed by atoms with Crippen molar-refractivity contribution in [1.82, 2.24) is 14.9 Å². The van der Waals surface area contributed by atoms with Crippen LogP contribution in [0.1, 0.15) is 32.1 Å². The molecule has 1 unspecified atom stereocenters. The van der Waals surface area contributed by atoms with Gasteiger partial charge in [-0.15, -0.1) is 0 Å². The first-order valence-corrected chi connectivity index (χ1v) is 5.56. The Balaban J connectivity index is 2.69. The van der Waals surface area contributed by atoms with Gasteiger partial charge in [0.2, 0.25) is 0 Å². The molecule has 1 N–H and O–H groups in total. The van der Waals surface area contributed by atoms with E-state index in [2.05, 4.69) is 28.7 Å². The summed E-state index contributed by atoms with van der Waals surface area (Å²) in [7, 11) is 1.73. The first-order chi connectivity index (χ1) is 7.33. The van der Waals surface area contributed by atoms with Crippen LogP contribution >= 0.6 is 0 Å². The van der Waals surface area contributed by atoms with E-state index in [0.717, 1.165) is 31.9 Å². The number of nitrogens with one attached hydrogen (secondary N) is 1. The molecule has 1 heterocycles. The maximum absolute atomic E-state index is 5.11. The zero-order valence-electron chi connectivity index (χ0n) is 9.86. The van der Waals surface area contributed by atoms with Crippen molar-refractivity contribution >= 4 is 0 Å². The maximum Gasteiger partial charge on any atom is 0.125 e. The number of methoxy groups -OCH3 is 1. The summed E-state index contributed by atoms with van der Waals surface area (Å²) in [6, 6.07) is 0.296. The Morgan fingerprint density at radius 3 is 2.93 bits per heavy atom. The molecule has 1 rings (SSSR count). The SMILES string of the molecule is CCNC(CCOC)c1nccn1CC. The van der Waals surface area contributed by atoms with Crippen molar-refractivity contribution in [2.45, 2.75) is 32.9 Å². The Morgan fingerprint density at radius 2 is 2.33 bits per heavy atom. The van der Waals surface area contributed by atoms with Crippen molar-refractivity contribution in [2.24, 2.45) is 0 Å². The van der Waals surface area contributed by atoms with Gasteiger partial charge in [-0.25, -0.2) is 4.98 Å². The van der Waals surface area contributed by atoms with Crippen LogP contribution in [0.3, 0.4) is 0 Å². The zero-order chi connectivity index (χ0) is 11.1. The van der Waals surface area contributed by atoms with Crippen molar-refractivity contribution in [3.8, 4) is 0 Å². The smallest absolute Gasteiger partial charge is 0.125 e. The van der Waals surface area contributed by atoms with Crippen LogP contribution < -0.4 is 5.32 Å². The van der Waals surface area contributed by atoms with E-state index < -0.39 is 0 Å². The van der Waals surface area contributed by atoms with E-state index in [-0.39, 0.29) is 0 Å². The molecule has 0 aliphatic rings. The second kappa shape index (κ2) is 6.58. The molecule has 1 atom stereocenters. The van der Waals surface area contributed by atoms with Crippen LogP contribution in [0.4, 0.5) is 0 Å². The summed E-state index contributed by atoms with van der Waals surface area (Å²) in [5.74, 6) is 1.11. The minimum absolute atomic E-state index is 0.296. The van der Waals surface area contributed by atoms with Gasteiger partial charge < -0.3 is 14.6 Å². The van der Waals surface area contributed by atoms with E-state index in [4.69, 9.17) is 4.74 Å². The van der Waals surface area contributed by atoms with Crippen molar-refractivity contribution < 1.29 is 4.74 Å². The second-order valence-corrected chi connectivity index (χ2v) is 3.46. The van der Waals surface area contributed by atoms with E-state index in [1.54, 1.807) is 7.11 Å². The van der Waals surface area contributed by atoms with Crippen molar-refractivity contribution in [1.29, 1.82) is 0 Å². The fraction of sp³-hybridized carbons (Fsp3) is 0.727. The van der Waals surface area contributed by atoms with Crippen LogP contribution in [0.25, 0.3) is 0 Å². The highest BCUT2D eigenvalue weighted by Gasteiger charge is 2.14. The maximum atomic E-state index is 5.11. The molecule has 1 aromatic heterocycles. The van der Waals surface area contributed by atoms with Gasteiger partial charge in [-0.05, 0) is 19.9 Å². The molecule has 0 amide bonds. The fourth-order valence-electron chi connectivity index (χ4n) is 1.70. The zero-order valence-corrected chi connectivity index (χ0v) is 9.86. The van der Waals surface area contributed by atoms with Gasteiger partial charge in [0.15, 0.2) is 0 Å². The van der Waals surface area contributed by atoms with Crippen LogP contribution in [0.15, 0.2) is 12.4 Å². The van der Waals surface area contributed by atoms with E-state index in [1.807, 2.05) is 12.4 Å². The van der Waals surface area contributed by atoms with Crippen molar-refractivity contribution in [3.05, 3.63) is 18.2 Å². The third kappa shape index (κ3) is 3.32. The number of aryl methyl sites for hydroxylation is 1. The standard InChI is InChI=1S/C11H21N3O/c1-4-12-10(6-9-15-3)11-13-7-8-14(11)5-2/h7-8,10,12H,4-6,9H2,1-3H3. The summed E-state index contributed by atoms with van der Waals surface area (Å²) in [4.78, 5) is 4.40. The minimum Gasteiger partial charge on any atom is -0.385 e. The molecule has 1 aromatic rings. The molecule has 0 saturated carbocycles. The molecular weight excluding hydrogens is 190 g/mol. The number of hydrogen-bond acceptors (Lipinski definition) is 3. The van der Waals surface area contributed by atoms with Crippen LogP contribution in [0, 0.1) is 0 Å². The lowest BCUT2D eigenvalue weighted by Crippen LogP contribution is -2.25. The summed E-state index contributed by atoms with van der Waals surface area (Å²) in [6.07, 6.45) is 4.84. The lowest BCUT2D eigenvalue weighted by molar-refractivity contribution is 0.181. The first kappa shape index (κ1) is 12.2. The Labute approximate surface area is 91.7 Å². The monoisotopic (exact) mass is 211 g/mol. The first-order valence-electron chi connectivity index (χ1n) is 5.56. The van der Waals surface area contributed by atoms with Crippen LogP contribution in [0.2, 0.25) is 0 Å². The van der Waals surface area contributed by atoms with Gasteiger partial charge in [-0.2, -0.15) is 0 Å². The highest BCUT2D eigenvalue weighted by molar-refractivity contribution is 4.99. The van der Waals surface area contributed by atoms with Gasteiger partial charge in [0.25, 0.3) is 0 Å². The fourth-order valence-corrected chi connectivity index (χ4v) is 1.70. The number of rotatable bonds is 7. The molecular formula is C11H21N3O. The molecule has 0 bridgehead atoms. The van der Waals surface area contributed by atoms with E-state index >= 15 is 0 Å². The van der Waals surface area contributed by atoms with Crippen molar-refractivity contribution in [3.63, 3.8) is 0 Å². The second-order valence-electron chi connectivity index (χ2n) is 3.46. The van der Waals surface area contributed by atoms with Crippen molar-refractivity contribution in [2.75, 3.05) is 20.3 Å². The quantitative estimate of drug-likeness (QED) is 0.744. The Hall–Kier alpha value is -0.870. The minimum atomic E-state index is 0.296.